The SMILES string of the molecule is O=C(N/N=C/c1ccc(Cl)cc1Cl)C1CC(c2ccc(OCc3ccccc3)cc2)NN1. The van der Waals surface area contributed by atoms with Gasteiger partial charge in [0.2, 0.25) is 0 Å². The van der Waals surface area contributed by atoms with Crippen molar-refractivity contribution in [1.82, 2.24) is 16.3 Å². The Labute approximate surface area is 196 Å². The molecular formula is C24H22Cl2N4O2. The molecule has 0 bridgehead atoms. The van der Waals surface area contributed by atoms with Crippen molar-refractivity contribution in [2.75, 3.05) is 0 Å². The summed E-state index contributed by atoms with van der Waals surface area (Å²) in [7, 11) is 0. The molecule has 2 atom stereocenters. The minimum atomic E-state index is -0.410. The smallest absolute Gasteiger partial charge is 0.258 e. The standard InChI is InChI=1S/C24H22Cl2N4O2/c25-19-9-6-18(21(26)12-19)14-27-30-24(31)23-13-22(28-29-23)17-7-10-20(11-8-17)32-15-16-4-2-1-3-5-16/h1-12,14,22-23,28-29H,13,15H2,(H,30,31)/b27-14+. The van der Waals surface area contributed by atoms with Crippen LogP contribution in [0.25, 0.3) is 0 Å². The van der Waals surface area contributed by atoms with E-state index in [1.807, 2.05) is 54.6 Å². The third-order valence-corrected chi connectivity index (χ3v) is 5.65. The van der Waals surface area contributed by atoms with Gasteiger partial charge in [0.25, 0.3) is 5.91 Å². The fourth-order valence-electron chi connectivity index (χ4n) is 3.33. The van der Waals surface area contributed by atoms with Gasteiger partial charge in [-0.05, 0) is 41.8 Å². The summed E-state index contributed by atoms with van der Waals surface area (Å²) in [5, 5.41) is 5.00. The molecule has 1 aliphatic heterocycles. The number of rotatable bonds is 7. The molecule has 4 rings (SSSR count). The summed E-state index contributed by atoms with van der Waals surface area (Å²) < 4.78 is 5.83. The Morgan fingerprint density at radius 3 is 2.59 bits per heavy atom. The van der Waals surface area contributed by atoms with Gasteiger partial charge in [-0.15, -0.1) is 0 Å². The predicted molar refractivity (Wildman–Crippen MR) is 127 cm³/mol. The molecule has 3 N–H and O–H groups in total. The molecule has 2 unspecified atom stereocenters. The number of nitrogens with one attached hydrogen (secondary N) is 3. The highest BCUT2D eigenvalue weighted by molar-refractivity contribution is 6.36. The topological polar surface area (TPSA) is 74.8 Å². The van der Waals surface area contributed by atoms with E-state index in [9.17, 15) is 4.79 Å². The van der Waals surface area contributed by atoms with Crippen LogP contribution in [0.15, 0.2) is 77.9 Å². The van der Waals surface area contributed by atoms with Crippen LogP contribution in [0.1, 0.15) is 29.2 Å². The van der Waals surface area contributed by atoms with Crippen molar-refractivity contribution in [3.63, 3.8) is 0 Å². The molecule has 1 amide bonds. The Bertz CT molecular complexity index is 1090. The van der Waals surface area contributed by atoms with Crippen molar-refractivity contribution in [2.24, 2.45) is 5.10 Å². The van der Waals surface area contributed by atoms with E-state index in [0.29, 0.717) is 28.6 Å². The van der Waals surface area contributed by atoms with Crippen molar-refractivity contribution in [3.8, 4) is 5.75 Å². The molecule has 1 aliphatic rings. The van der Waals surface area contributed by atoms with Gasteiger partial charge in [0.05, 0.1) is 11.2 Å². The van der Waals surface area contributed by atoms with Gasteiger partial charge in [-0.1, -0.05) is 71.7 Å². The van der Waals surface area contributed by atoms with E-state index in [4.69, 9.17) is 27.9 Å². The summed E-state index contributed by atoms with van der Waals surface area (Å²) in [5.74, 6) is 0.567. The van der Waals surface area contributed by atoms with E-state index < -0.39 is 6.04 Å². The summed E-state index contributed by atoms with van der Waals surface area (Å²) in [4.78, 5) is 12.4. The highest BCUT2D eigenvalue weighted by Gasteiger charge is 2.30. The lowest BCUT2D eigenvalue weighted by molar-refractivity contribution is -0.122. The summed E-state index contributed by atoms with van der Waals surface area (Å²) in [6.07, 6.45) is 2.08. The van der Waals surface area contributed by atoms with E-state index in [0.717, 1.165) is 16.9 Å². The number of nitrogens with zero attached hydrogens (tertiary/aromatic N) is 1. The maximum absolute atomic E-state index is 12.4. The second-order valence-electron chi connectivity index (χ2n) is 7.37. The van der Waals surface area contributed by atoms with E-state index in [1.165, 1.54) is 6.21 Å². The first-order valence-electron chi connectivity index (χ1n) is 10.1. The highest BCUT2D eigenvalue weighted by Crippen LogP contribution is 2.25. The van der Waals surface area contributed by atoms with E-state index in [2.05, 4.69) is 21.4 Å². The van der Waals surface area contributed by atoms with Crippen molar-refractivity contribution >= 4 is 35.3 Å². The lowest BCUT2D eigenvalue weighted by Gasteiger charge is -2.11. The van der Waals surface area contributed by atoms with Gasteiger partial charge >= 0.3 is 0 Å². The minimum absolute atomic E-state index is 0.00334. The average Bonchev–Trinajstić information content (AvgIpc) is 3.31. The van der Waals surface area contributed by atoms with Crippen LogP contribution in [-0.4, -0.2) is 18.2 Å². The predicted octanol–water partition coefficient (Wildman–Crippen LogP) is 4.63. The minimum Gasteiger partial charge on any atom is -0.489 e. The van der Waals surface area contributed by atoms with Crippen LogP contribution >= 0.6 is 23.2 Å². The summed E-state index contributed by atoms with van der Waals surface area (Å²) >= 11 is 12.0. The maximum Gasteiger partial charge on any atom is 0.258 e. The van der Waals surface area contributed by atoms with Gasteiger partial charge in [0.15, 0.2) is 0 Å². The van der Waals surface area contributed by atoms with Gasteiger partial charge in [0.1, 0.15) is 18.4 Å². The second-order valence-corrected chi connectivity index (χ2v) is 8.22. The van der Waals surface area contributed by atoms with Crippen molar-refractivity contribution in [2.45, 2.75) is 25.1 Å². The number of hydrogen-bond acceptors (Lipinski definition) is 5. The van der Waals surface area contributed by atoms with Crippen LogP contribution in [0.2, 0.25) is 10.0 Å². The largest absolute Gasteiger partial charge is 0.489 e. The van der Waals surface area contributed by atoms with E-state index in [1.54, 1.807) is 18.2 Å². The first kappa shape index (κ1) is 22.3. The normalized spacial score (nSPS) is 18.1. The third-order valence-electron chi connectivity index (χ3n) is 5.09. The van der Waals surface area contributed by atoms with Gasteiger partial charge in [-0.2, -0.15) is 5.10 Å². The number of benzene rings is 3. The Kier molecular flexibility index (Phi) is 7.39. The number of halogens is 2. The van der Waals surface area contributed by atoms with Crippen molar-refractivity contribution in [3.05, 3.63) is 99.5 Å². The number of hydrazine groups is 1. The Morgan fingerprint density at radius 1 is 1.06 bits per heavy atom. The number of hydrazone groups is 1. The number of hydrogen-bond donors (Lipinski definition) is 3. The highest BCUT2D eigenvalue weighted by atomic mass is 35.5. The van der Waals surface area contributed by atoms with E-state index >= 15 is 0 Å². The first-order valence-corrected chi connectivity index (χ1v) is 10.9. The van der Waals surface area contributed by atoms with Crippen molar-refractivity contribution < 1.29 is 9.53 Å². The molecule has 0 aliphatic carbocycles. The van der Waals surface area contributed by atoms with E-state index in [-0.39, 0.29) is 11.9 Å². The molecule has 164 valence electrons. The summed E-state index contributed by atoms with van der Waals surface area (Å²) in [5.41, 5.74) is 11.6. The second kappa shape index (κ2) is 10.6. The molecule has 3 aromatic carbocycles. The zero-order valence-corrected chi connectivity index (χ0v) is 18.6. The average molecular weight is 469 g/mol. The van der Waals surface area contributed by atoms with Gasteiger partial charge in [0, 0.05) is 16.6 Å². The first-order chi connectivity index (χ1) is 15.6. The number of ether oxygens (including phenoxy) is 1. The Morgan fingerprint density at radius 2 is 1.84 bits per heavy atom. The summed E-state index contributed by atoms with van der Waals surface area (Å²) in [6.45, 7) is 0.521. The van der Waals surface area contributed by atoms with Crippen LogP contribution in [0.4, 0.5) is 0 Å². The molecule has 8 heteroatoms. The number of amides is 1. The van der Waals surface area contributed by atoms with Gasteiger partial charge < -0.3 is 4.74 Å². The zero-order valence-electron chi connectivity index (χ0n) is 17.1. The van der Waals surface area contributed by atoms with Crippen LogP contribution < -0.4 is 21.0 Å². The number of carbonyl (C=O) groups excluding carboxylic acids is 1. The molecule has 3 aromatic rings. The molecular weight excluding hydrogens is 447 g/mol. The molecule has 0 spiro atoms. The number of carbonyl (C=O) groups is 1. The fourth-order valence-corrected chi connectivity index (χ4v) is 3.79. The molecule has 32 heavy (non-hydrogen) atoms. The Balaban J connectivity index is 1.27. The quantitative estimate of drug-likeness (QED) is 0.349. The van der Waals surface area contributed by atoms with Gasteiger partial charge in [-0.3, -0.25) is 4.79 Å². The zero-order chi connectivity index (χ0) is 22.3. The molecule has 0 aromatic heterocycles. The van der Waals surface area contributed by atoms with Crippen LogP contribution in [0.5, 0.6) is 5.75 Å². The summed E-state index contributed by atoms with van der Waals surface area (Å²) in [6, 6.07) is 22.6. The monoisotopic (exact) mass is 468 g/mol. The molecule has 1 fully saturated rings. The van der Waals surface area contributed by atoms with Crippen LogP contribution in [0, 0.1) is 0 Å². The van der Waals surface area contributed by atoms with Gasteiger partial charge in [-0.25, -0.2) is 16.3 Å². The van der Waals surface area contributed by atoms with Crippen LogP contribution in [0.3, 0.4) is 0 Å². The molecule has 0 radical (unpaired) electrons. The fraction of sp³-hybridized carbons (Fsp3) is 0.167. The molecule has 1 heterocycles. The molecule has 6 nitrogen and oxygen atoms in total. The van der Waals surface area contributed by atoms with Crippen molar-refractivity contribution in [1.29, 1.82) is 0 Å². The lowest BCUT2D eigenvalue weighted by Crippen LogP contribution is -2.41. The molecule has 1 saturated heterocycles. The maximum atomic E-state index is 12.4. The Hall–Kier alpha value is -2.90. The third kappa shape index (κ3) is 5.87. The lowest BCUT2D eigenvalue weighted by atomic mass is 10.0. The van der Waals surface area contributed by atoms with Crippen LogP contribution in [-0.2, 0) is 11.4 Å². The molecule has 0 saturated carbocycles.